The van der Waals surface area contributed by atoms with Crippen LogP contribution in [0.3, 0.4) is 0 Å². The van der Waals surface area contributed by atoms with Crippen LogP contribution in [-0.4, -0.2) is 43.2 Å². The third-order valence-corrected chi connectivity index (χ3v) is 2.86. The first-order valence-corrected chi connectivity index (χ1v) is 5.85. The van der Waals surface area contributed by atoms with E-state index in [9.17, 15) is 5.21 Å². The van der Waals surface area contributed by atoms with Crippen molar-refractivity contribution in [3.8, 4) is 0 Å². The average Bonchev–Trinajstić information content (AvgIpc) is 2.38. The minimum atomic E-state index is 0.0432. The van der Waals surface area contributed by atoms with Crippen molar-refractivity contribution in [2.45, 2.75) is 32.3 Å². The maximum atomic E-state index is 9.59. The Morgan fingerprint density at radius 1 is 1.47 bits per heavy atom. The molecule has 1 rings (SSSR count). The lowest BCUT2D eigenvalue weighted by Gasteiger charge is -2.22. The summed E-state index contributed by atoms with van der Waals surface area (Å²) in [6, 6.07) is 0. The molecule has 3 nitrogen and oxygen atoms in total. The summed E-state index contributed by atoms with van der Waals surface area (Å²) in [5.74, 6) is 0.464. The van der Waals surface area contributed by atoms with Gasteiger partial charge in [0, 0.05) is 12.3 Å². The summed E-state index contributed by atoms with van der Waals surface area (Å²) in [6.07, 6.45) is 7.95. The molecule has 1 heterocycles. The van der Waals surface area contributed by atoms with E-state index >= 15 is 0 Å². The number of hydrogen-bond acceptors (Lipinski definition) is 2. The Hall–Kier alpha value is -0.380. The molecule has 2 atom stereocenters. The van der Waals surface area contributed by atoms with Crippen molar-refractivity contribution in [3.05, 3.63) is 12.2 Å². The number of rotatable bonds is 4. The van der Waals surface area contributed by atoms with Crippen molar-refractivity contribution < 1.29 is 14.6 Å². The molecule has 0 aromatic rings. The lowest BCUT2D eigenvalue weighted by molar-refractivity contribution is -1.07. The minimum absolute atomic E-state index is 0.0432. The Balaban J connectivity index is 2.32. The van der Waals surface area contributed by atoms with Crippen LogP contribution in [0.5, 0.6) is 0 Å². The van der Waals surface area contributed by atoms with Gasteiger partial charge in [-0.25, -0.2) is 5.21 Å². The molecule has 0 fully saturated rings. The van der Waals surface area contributed by atoms with E-state index < -0.39 is 0 Å². The molecule has 1 aliphatic rings. The van der Waals surface area contributed by atoms with Gasteiger partial charge in [0.2, 0.25) is 0 Å². The SMILES string of the molecule is CCC1CC=CC(CC[N+](C)(C)O)CO1. The van der Waals surface area contributed by atoms with Crippen LogP contribution in [0.25, 0.3) is 0 Å². The van der Waals surface area contributed by atoms with E-state index in [0.29, 0.717) is 12.0 Å². The summed E-state index contributed by atoms with van der Waals surface area (Å²) >= 11 is 0. The van der Waals surface area contributed by atoms with E-state index in [1.165, 1.54) is 0 Å². The first-order chi connectivity index (χ1) is 7.01. The van der Waals surface area contributed by atoms with Crippen LogP contribution in [0, 0.1) is 5.92 Å². The van der Waals surface area contributed by atoms with Gasteiger partial charge in [0.15, 0.2) is 0 Å². The van der Waals surface area contributed by atoms with Crippen molar-refractivity contribution >= 4 is 0 Å². The van der Waals surface area contributed by atoms with E-state index in [1.54, 1.807) is 14.1 Å². The Kier molecular flexibility index (Phi) is 4.77. The van der Waals surface area contributed by atoms with Crippen LogP contribution in [-0.2, 0) is 4.74 Å². The van der Waals surface area contributed by atoms with Gasteiger partial charge in [-0.3, -0.25) is 0 Å². The van der Waals surface area contributed by atoms with Gasteiger partial charge in [0.05, 0.1) is 26.8 Å². The number of nitrogens with zero attached hydrogens (tertiary/aromatic N) is 1. The molecule has 2 unspecified atom stereocenters. The van der Waals surface area contributed by atoms with Gasteiger partial charge >= 0.3 is 0 Å². The van der Waals surface area contributed by atoms with E-state index in [0.717, 1.165) is 32.4 Å². The molecule has 0 aromatic carbocycles. The Labute approximate surface area is 92.9 Å². The molecule has 15 heavy (non-hydrogen) atoms. The molecule has 0 radical (unpaired) electrons. The fraction of sp³-hybridized carbons (Fsp3) is 0.833. The summed E-state index contributed by atoms with van der Waals surface area (Å²) in [6.45, 7) is 3.73. The van der Waals surface area contributed by atoms with Gasteiger partial charge in [-0.1, -0.05) is 19.1 Å². The second-order valence-corrected chi connectivity index (χ2v) is 4.92. The number of ether oxygens (including phenoxy) is 1. The Morgan fingerprint density at radius 3 is 2.80 bits per heavy atom. The monoisotopic (exact) mass is 214 g/mol. The highest BCUT2D eigenvalue weighted by molar-refractivity contribution is 4.92. The van der Waals surface area contributed by atoms with Crippen molar-refractivity contribution in [3.63, 3.8) is 0 Å². The smallest absolute Gasteiger partial charge is 0.109 e. The lowest BCUT2D eigenvalue weighted by Crippen LogP contribution is -2.37. The Bertz CT molecular complexity index is 208. The molecular weight excluding hydrogens is 190 g/mol. The maximum Gasteiger partial charge on any atom is 0.109 e. The lowest BCUT2D eigenvalue weighted by atomic mass is 10.1. The first kappa shape index (κ1) is 12.7. The maximum absolute atomic E-state index is 9.59. The van der Waals surface area contributed by atoms with E-state index in [-0.39, 0.29) is 4.65 Å². The molecule has 0 amide bonds. The first-order valence-electron chi connectivity index (χ1n) is 5.85. The second-order valence-electron chi connectivity index (χ2n) is 4.92. The van der Waals surface area contributed by atoms with Crippen LogP contribution in [0.1, 0.15) is 26.2 Å². The third kappa shape index (κ3) is 5.30. The van der Waals surface area contributed by atoms with Crippen LogP contribution in [0.15, 0.2) is 12.2 Å². The van der Waals surface area contributed by atoms with Gasteiger partial charge in [0.1, 0.15) is 6.54 Å². The molecule has 0 saturated heterocycles. The van der Waals surface area contributed by atoms with Crippen molar-refractivity contribution in [1.82, 2.24) is 0 Å². The van der Waals surface area contributed by atoms with E-state index in [2.05, 4.69) is 19.1 Å². The predicted octanol–water partition coefficient (Wildman–Crippen LogP) is 2.21. The van der Waals surface area contributed by atoms with Crippen LogP contribution >= 0.6 is 0 Å². The van der Waals surface area contributed by atoms with E-state index in [4.69, 9.17) is 4.74 Å². The summed E-state index contributed by atoms with van der Waals surface area (Å²) < 4.78 is 5.82. The summed E-state index contributed by atoms with van der Waals surface area (Å²) in [7, 11) is 3.60. The topological polar surface area (TPSA) is 29.5 Å². The third-order valence-electron chi connectivity index (χ3n) is 2.86. The van der Waals surface area contributed by atoms with Crippen LogP contribution < -0.4 is 0 Å². The number of quaternary nitrogens is 1. The fourth-order valence-electron chi connectivity index (χ4n) is 1.75. The van der Waals surface area contributed by atoms with Crippen LogP contribution in [0.2, 0.25) is 0 Å². The van der Waals surface area contributed by atoms with E-state index in [1.807, 2.05) is 0 Å². The summed E-state index contributed by atoms with van der Waals surface area (Å²) in [4.78, 5) is 0. The molecule has 3 heteroatoms. The molecular formula is C12H24NO2+. The second kappa shape index (κ2) is 5.64. The molecule has 0 aromatic heterocycles. The fourth-order valence-corrected chi connectivity index (χ4v) is 1.75. The Morgan fingerprint density at radius 2 is 2.20 bits per heavy atom. The highest BCUT2D eigenvalue weighted by atomic mass is 16.5. The standard InChI is InChI=1S/C12H24NO2/c1-4-12-7-5-6-11(10-15-12)8-9-13(2,3)14/h5-6,11-12,14H,4,7-10H2,1-3H3/q+1. The van der Waals surface area contributed by atoms with Gasteiger partial charge in [-0.2, -0.15) is 4.65 Å². The minimum Gasteiger partial charge on any atom is -0.377 e. The predicted molar refractivity (Wildman–Crippen MR) is 60.7 cm³/mol. The zero-order valence-corrected chi connectivity index (χ0v) is 10.1. The van der Waals surface area contributed by atoms with Crippen molar-refractivity contribution in [2.75, 3.05) is 27.2 Å². The van der Waals surface area contributed by atoms with Gasteiger partial charge < -0.3 is 4.74 Å². The molecule has 1 N–H and O–H groups in total. The molecule has 0 aliphatic carbocycles. The highest BCUT2D eigenvalue weighted by Gasteiger charge is 2.18. The number of hydrogen-bond donors (Lipinski definition) is 1. The highest BCUT2D eigenvalue weighted by Crippen LogP contribution is 2.17. The number of hydroxylamine groups is 3. The van der Waals surface area contributed by atoms with Gasteiger partial charge in [0.25, 0.3) is 0 Å². The van der Waals surface area contributed by atoms with Gasteiger partial charge in [-0.05, 0) is 12.8 Å². The molecule has 88 valence electrons. The zero-order valence-electron chi connectivity index (χ0n) is 10.1. The molecule has 0 spiro atoms. The van der Waals surface area contributed by atoms with Crippen LogP contribution in [0.4, 0.5) is 0 Å². The largest absolute Gasteiger partial charge is 0.377 e. The molecule has 0 bridgehead atoms. The molecule has 0 saturated carbocycles. The summed E-state index contributed by atoms with van der Waals surface area (Å²) in [5, 5.41) is 9.59. The van der Waals surface area contributed by atoms with Gasteiger partial charge in [-0.15, -0.1) is 0 Å². The average molecular weight is 214 g/mol. The van der Waals surface area contributed by atoms with Crippen molar-refractivity contribution in [2.24, 2.45) is 5.92 Å². The zero-order chi connectivity index (χ0) is 11.3. The summed E-state index contributed by atoms with van der Waals surface area (Å²) in [5.41, 5.74) is 0. The normalized spacial score (nSPS) is 27.7. The molecule has 1 aliphatic heterocycles. The quantitative estimate of drug-likeness (QED) is 0.442. The van der Waals surface area contributed by atoms with Crippen molar-refractivity contribution in [1.29, 1.82) is 0 Å².